The largest absolute Gasteiger partial charge is 0.400 e. The van der Waals surface area contributed by atoms with Gasteiger partial charge in [0.2, 0.25) is 0 Å². The molecule has 2 aromatic heterocycles. The predicted octanol–water partition coefficient (Wildman–Crippen LogP) is 3.18. The van der Waals surface area contributed by atoms with Crippen LogP contribution in [0.2, 0.25) is 0 Å². The number of carbonyl (C=O) groups excluding carboxylic acids is 2. The van der Waals surface area contributed by atoms with E-state index in [0.717, 1.165) is 16.3 Å². The number of esters is 2. The quantitative estimate of drug-likeness (QED) is 0.282. The molecule has 2 N–H and O–H groups in total. The molecule has 0 atom stereocenters. The fourth-order valence-corrected chi connectivity index (χ4v) is 3.32. The maximum Gasteiger partial charge on any atom is 0.345 e. The summed E-state index contributed by atoms with van der Waals surface area (Å²) in [6.07, 6.45) is 2.58. The van der Waals surface area contributed by atoms with Gasteiger partial charge in [0.15, 0.2) is 0 Å². The Morgan fingerprint density at radius 2 is 1.39 bits per heavy atom. The molecule has 11 heteroatoms. The minimum atomic E-state index is -0.642. The number of H-pyrrole nitrogens is 2. The molecule has 0 amide bonds. The van der Waals surface area contributed by atoms with E-state index in [1.54, 1.807) is 6.07 Å². The van der Waals surface area contributed by atoms with Gasteiger partial charge in [0.05, 0.1) is 11.1 Å². The van der Waals surface area contributed by atoms with Crippen molar-refractivity contribution < 1.29 is 38.5 Å². The number of rotatable bonds is 5. The van der Waals surface area contributed by atoms with Gasteiger partial charge in [-0.15, -0.1) is 10.2 Å². The number of ether oxygens (including phenoxy) is 2. The molecule has 0 aliphatic carbocycles. The number of fused-ring (bicyclic) bond motifs is 1. The number of nitrogens with zero attached hydrogens (tertiary/aromatic N) is 4. The van der Waals surface area contributed by atoms with Gasteiger partial charge in [0.25, 0.3) is 11.8 Å². The number of aromatic nitrogens is 6. The molecule has 158 valence electrons. The Balaban J connectivity index is 0.00000259. The van der Waals surface area contributed by atoms with Crippen molar-refractivity contribution >= 4 is 22.7 Å². The third-order valence-corrected chi connectivity index (χ3v) is 4.74. The van der Waals surface area contributed by atoms with E-state index >= 15 is 0 Å². The molecule has 0 unspecified atom stereocenters. The van der Waals surface area contributed by atoms with Crippen molar-refractivity contribution in [1.82, 2.24) is 30.8 Å². The molecular weight excluding hydrogens is 478 g/mol. The molecule has 0 saturated heterocycles. The fourth-order valence-electron chi connectivity index (χ4n) is 3.32. The minimum absolute atomic E-state index is 0. The molecule has 33 heavy (non-hydrogen) atoms. The van der Waals surface area contributed by atoms with Crippen LogP contribution in [0, 0.1) is 0 Å². The van der Waals surface area contributed by atoms with Gasteiger partial charge in [-0.1, -0.05) is 42.5 Å². The summed E-state index contributed by atoms with van der Waals surface area (Å²) in [7, 11) is 0. The van der Waals surface area contributed by atoms with Crippen molar-refractivity contribution in [2.45, 2.75) is 0 Å². The van der Waals surface area contributed by atoms with E-state index in [-0.39, 0.29) is 42.4 Å². The standard InChI is InChI=1S/C22H14N6O4.Zn/c29-21(31-19-11-23-27-25-19)14-8-9-17(22(30)32-20-12-24-28-26-20)18(10-14)16-7-3-5-13-4-1-2-6-15(13)16;/h1-12H,(H,23,25,27)(H,24,26,28);. The van der Waals surface area contributed by atoms with Crippen LogP contribution in [-0.2, 0) is 19.5 Å². The van der Waals surface area contributed by atoms with Crippen LogP contribution in [-0.4, -0.2) is 42.8 Å². The van der Waals surface area contributed by atoms with Crippen molar-refractivity contribution in [1.29, 1.82) is 0 Å². The summed E-state index contributed by atoms with van der Waals surface area (Å²) >= 11 is 0. The van der Waals surface area contributed by atoms with Crippen molar-refractivity contribution in [3.63, 3.8) is 0 Å². The van der Waals surface area contributed by atoms with Crippen molar-refractivity contribution in [2.24, 2.45) is 0 Å². The van der Waals surface area contributed by atoms with Gasteiger partial charge in [0, 0.05) is 19.5 Å². The second kappa shape index (κ2) is 9.50. The first-order valence-corrected chi connectivity index (χ1v) is 9.47. The van der Waals surface area contributed by atoms with E-state index in [4.69, 9.17) is 9.47 Å². The van der Waals surface area contributed by atoms with Gasteiger partial charge in [-0.2, -0.15) is 20.6 Å². The van der Waals surface area contributed by atoms with E-state index in [9.17, 15) is 9.59 Å². The SMILES string of the molecule is O=C(Oc1cn[nH]n1)c1ccc(C(=O)Oc2cn[nH]n2)c(-c2cccc3ccccc23)c1.[Zn]. The van der Waals surface area contributed by atoms with Crippen LogP contribution in [0.4, 0.5) is 0 Å². The van der Waals surface area contributed by atoms with Gasteiger partial charge in [-0.05, 0) is 40.1 Å². The first-order valence-electron chi connectivity index (χ1n) is 9.47. The second-order valence-electron chi connectivity index (χ2n) is 6.68. The van der Waals surface area contributed by atoms with E-state index < -0.39 is 11.9 Å². The zero-order chi connectivity index (χ0) is 21.9. The third kappa shape index (κ3) is 4.53. The molecule has 5 rings (SSSR count). The second-order valence-corrected chi connectivity index (χ2v) is 6.68. The van der Waals surface area contributed by atoms with Gasteiger partial charge in [-0.25, -0.2) is 9.59 Å². The van der Waals surface area contributed by atoms with E-state index in [2.05, 4.69) is 30.8 Å². The first-order chi connectivity index (χ1) is 15.7. The summed E-state index contributed by atoms with van der Waals surface area (Å²) in [5.41, 5.74) is 1.74. The normalized spacial score (nSPS) is 10.4. The molecular formula is C22H14N6O4Zn. The van der Waals surface area contributed by atoms with E-state index in [1.807, 2.05) is 42.5 Å². The zero-order valence-electron chi connectivity index (χ0n) is 17.1. The molecule has 0 aliphatic rings. The molecule has 2 heterocycles. The van der Waals surface area contributed by atoms with E-state index in [1.165, 1.54) is 24.5 Å². The number of nitrogens with one attached hydrogen (secondary N) is 2. The molecule has 5 aromatic rings. The molecule has 0 aliphatic heterocycles. The summed E-state index contributed by atoms with van der Waals surface area (Å²) in [6.45, 7) is 0. The molecule has 10 nitrogen and oxygen atoms in total. The van der Waals surface area contributed by atoms with Crippen LogP contribution < -0.4 is 9.47 Å². The summed E-state index contributed by atoms with van der Waals surface area (Å²) < 4.78 is 10.5. The van der Waals surface area contributed by atoms with Crippen LogP contribution in [0.15, 0.2) is 73.1 Å². The first kappa shape index (κ1) is 22.0. The smallest absolute Gasteiger partial charge is 0.345 e. The van der Waals surface area contributed by atoms with Crippen LogP contribution in [0.3, 0.4) is 0 Å². The third-order valence-electron chi connectivity index (χ3n) is 4.74. The van der Waals surface area contributed by atoms with Crippen molar-refractivity contribution in [3.8, 4) is 22.9 Å². The topological polar surface area (TPSA) is 136 Å². The summed E-state index contributed by atoms with van der Waals surface area (Å²) in [5, 5.41) is 21.4. The average molecular weight is 492 g/mol. The molecule has 0 saturated carbocycles. The van der Waals surface area contributed by atoms with Gasteiger partial charge < -0.3 is 9.47 Å². The van der Waals surface area contributed by atoms with Crippen LogP contribution in [0.5, 0.6) is 11.8 Å². The van der Waals surface area contributed by atoms with Crippen LogP contribution in [0.25, 0.3) is 21.9 Å². The number of carbonyl (C=O) groups is 2. The number of hydrogen-bond donors (Lipinski definition) is 2. The molecule has 0 fully saturated rings. The maximum absolute atomic E-state index is 12.9. The number of benzene rings is 3. The zero-order valence-corrected chi connectivity index (χ0v) is 20.0. The number of aromatic amines is 2. The Labute approximate surface area is 199 Å². The summed E-state index contributed by atoms with van der Waals surface area (Å²) in [4.78, 5) is 25.6. The monoisotopic (exact) mass is 490 g/mol. The van der Waals surface area contributed by atoms with E-state index in [0.29, 0.717) is 5.56 Å². The van der Waals surface area contributed by atoms with Gasteiger partial charge in [0.1, 0.15) is 12.4 Å². The Morgan fingerprint density at radius 1 is 0.727 bits per heavy atom. The van der Waals surface area contributed by atoms with Crippen LogP contribution in [0.1, 0.15) is 20.7 Å². The minimum Gasteiger partial charge on any atom is -0.400 e. The van der Waals surface area contributed by atoms with Gasteiger partial charge >= 0.3 is 11.9 Å². The average Bonchev–Trinajstić information content (AvgIpc) is 3.53. The van der Waals surface area contributed by atoms with Gasteiger partial charge in [-0.3, -0.25) is 0 Å². The summed E-state index contributed by atoms with van der Waals surface area (Å²) in [6, 6.07) is 18.0. The summed E-state index contributed by atoms with van der Waals surface area (Å²) in [5.74, 6) is -1.21. The molecule has 0 radical (unpaired) electrons. The number of hydrogen-bond acceptors (Lipinski definition) is 8. The Morgan fingerprint density at radius 3 is 2.09 bits per heavy atom. The van der Waals surface area contributed by atoms with Crippen molar-refractivity contribution in [3.05, 3.63) is 84.2 Å². The Kier molecular flexibility index (Phi) is 6.32. The fraction of sp³-hybridized carbons (Fsp3) is 0. The molecule has 0 bridgehead atoms. The predicted molar refractivity (Wildman–Crippen MR) is 112 cm³/mol. The molecule has 0 spiro atoms. The Bertz CT molecular complexity index is 1420. The van der Waals surface area contributed by atoms with Crippen molar-refractivity contribution in [2.75, 3.05) is 0 Å². The maximum atomic E-state index is 12.9. The molecule has 3 aromatic carbocycles. The van der Waals surface area contributed by atoms with Crippen LogP contribution >= 0.6 is 0 Å². The Hall–Kier alpha value is -4.24.